The summed E-state index contributed by atoms with van der Waals surface area (Å²) in [5.41, 5.74) is 1.55. The summed E-state index contributed by atoms with van der Waals surface area (Å²) in [5.74, 6) is -0.713. The van der Waals surface area contributed by atoms with Gasteiger partial charge in [-0.3, -0.25) is 4.90 Å². The Labute approximate surface area is 155 Å². The van der Waals surface area contributed by atoms with Crippen molar-refractivity contribution >= 4 is 16.7 Å². The number of rotatable bonds is 3. The molecule has 0 saturated carbocycles. The molecule has 0 bridgehead atoms. The third-order valence-electron chi connectivity index (χ3n) is 4.76. The van der Waals surface area contributed by atoms with Crippen LogP contribution in [-0.2, 0) is 12.7 Å². The molecule has 1 saturated heterocycles. The SMILES string of the molecule is FC(F)(F)c1nc(N2CCN(Cc3ccccc3)CC2)c2ccccc2n1. The van der Waals surface area contributed by atoms with Crippen molar-refractivity contribution in [3.63, 3.8) is 0 Å². The van der Waals surface area contributed by atoms with Crippen molar-refractivity contribution in [2.75, 3.05) is 31.1 Å². The molecular formula is C20H19F3N4. The molecule has 1 aromatic heterocycles. The Kier molecular flexibility index (Phi) is 4.70. The fourth-order valence-electron chi connectivity index (χ4n) is 3.39. The van der Waals surface area contributed by atoms with E-state index in [9.17, 15) is 13.2 Å². The predicted octanol–water partition coefficient (Wildman–Crippen LogP) is 3.97. The lowest BCUT2D eigenvalue weighted by molar-refractivity contribution is -0.144. The first-order chi connectivity index (χ1) is 13.0. The highest BCUT2D eigenvalue weighted by Gasteiger charge is 2.36. The first-order valence-electron chi connectivity index (χ1n) is 8.86. The molecule has 2 heterocycles. The quantitative estimate of drug-likeness (QED) is 0.696. The highest BCUT2D eigenvalue weighted by Crippen LogP contribution is 2.32. The lowest BCUT2D eigenvalue weighted by Gasteiger charge is -2.36. The lowest BCUT2D eigenvalue weighted by atomic mass is 10.2. The molecule has 0 aliphatic carbocycles. The average molecular weight is 372 g/mol. The Morgan fingerprint density at radius 2 is 1.48 bits per heavy atom. The van der Waals surface area contributed by atoms with Crippen LogP contribution in [0.15, 0.2) is 54.6 Å². The largest absolute Gasteiger partial charge is 0.451 e. The van der Waals surface area contributed by atoms with E-state index in [4.69, 9.17) is 0 Å². The summed E-state index contributed by atoms with van der Waals surface area (Å²) in [7, 11) is 0. The molecule has 0 N–H and O–H groups in total. The maximum Gasteiger partial charge on any atom is 0.451 e. The summed E-state index contributed by atoms with van der Waals surface area (Å²) >= 11 is 0. The summed E-state index contributed by atoms with van der Waals surface area (Å²) in [4.78, 5) is 11.8. The van der Waals surface area contributed by atoms with E-state index in [-0.39, 0.29) is 0 Å². The molecule has 0 amide bonds. The van der Waals surface area contributed by atoms with Crippen molar-refractivity contribution in [3.05, 3.63) is 66.0 Å². The van der Waals surface area contributed by atoms with Crippen LogP contribution in [0.1, 0.15) is 11.4 Å². The Morgan fingerprint density at radius 3 is 2.19 bits per heavy atom. The average Bonchev–Trinajstić information content (AvgIpc) is 2.68. The molecule has 140 valence electrons. The first-order valence-corrected chi connectivity index (χ1v) is 8.86. The fraction of sp³-hybridized carbons (Fsp3) is 0.300. The third-order valence-corrected chi connectivity index (χ3v) is 4.76. The minimum atomic E-state index is -4.56. The third kappa shape index (κ3) is 3.88. The van der Waals surface area contributed by atoms with Crippen LogP contribution in [0.4, 0.5) is 19.0 Å². The summed E-state index contributed by atoms with van der Waals surface area (Å²) in [6.07, 6.45) is -4.56. The zero-order valence-electron chi connectivity index (χ0n) is 14.7. The molecule has 1 aliphatic heterocycles. The van der Waals surface area contributed by atoms with Gasteiger partial charge >= 0.3 is 6.18 Å². The molecule has 2 aromatic carbocycles. The normalized spacial score (nSPS) is 16.0. The topological polar surface area (TPSA) is 32.3 Å². The van der Waals surface area contributed by atoms with Crippen molar-refractivity contribution in [2.45, 2.75) is 12.7 Å². The number of piperazine rings is 1. The van der Waals surface area contributed by atoms with Gasteiger partial charge in [0.05, 0.1) is 5.52 Å². The zero-order valence-corrected chi connectivity index (χ0v) is 14.7. The molecule has 1 fully saturated rings. The van der Waals surface area contributed by atoms with Gasteiger partial charge in [-0.1, -0.05) is 42.5 Å². The molecule has 0 unspecified atom stereocenters. The van der Waals surface area contributed by atoms with Gasteiger partial charge in [0.2, 0.25) is 5.82 Å². The van der Waals surface area contributed by atoms with Gasteiger partial charge in [0.25, 0.3) is 0 Å². The van der Waals surface area contributed by atoms with Crippen molar-refractivity contribution in [2.24, 2.45) is 0 Å². The van der Waals surface area contributed by atoms with Gasteiger partial charge in [-0.25, -0.2) is 9.97 Å². The van der Waals surface area contributed by atoms with Crippen LogP contribution in [0.2, 0.25) is 0 Å². The van der Waals surface area contributed by atoms with Crippen molar-refractivity contribution in [1.82, 2.24) is 14.9 Å². The summed E-state index contributed by atoms with van der Waals surface area (Å²) in [6, 6.07) is 17.0. The Hall–Kier alpha value is -2.67. The first kappa shape index (κ1) is 17.7. The van der Waals surface area contributed by atoms with E-state index in [1.807, 2.05) is 23.1 Å². The van der Waals surface area contributed by atoms with E-state index in [1.165, 1.54) is 5.56 Å². The van der Waals surface area contributed by atoms with Crippen LogP contribution in [-0.4, -0.2) is 41.0 Å². The fourth-order valence-corrected chi connectivity index (χ4v) is 3.39. The second kappa shape index (κ2) is 7.15. The zero-order chi connectivity index (χ0) is 18.9. The second-order valence-corrected chi connectivity index (χ2v) is 6.63. The van der Waals surface area contributed by atoms with Gasteiger partial charge in [0, 0.05) is 38.1 Å². The van der Waals surface area contributed by atoms with Gasteiger partial charge in [0.1, 0.15) is 5.82 Å². The number of hydrogen-bond donors (Lipinski definition) is 0. The molecule has 0 atom stereocenters. The molecular weight excluding hydrogens is 353 g/mol. The minimum absolute atomic E-state index is 0.321. The van der Waals surface area contributed by atoms with Crippen LogP contribution in [0.5, 0.6) is 0 Å². The number of alkyl halides is 3. The van der Waals surface area contributed by atoms with Gasteiger partial charge in [0.15, 0.2) is 0 Å². The number of fused-ring (bicyclic) bond motifs is 1. The maximum absolute atomic E-state index is 13.2. The molecule has 27 heavy (non-hydrogen) atoms. The molecule has 0 spiro atoms. The van der Waals surface area contributed by atoms with Crippen LogP contribution < -0.4 is 4.90 Å². The van der Waals surface area contributed by atoms with Crippen molar-refractivity contribution in [3.8, 4) is 0 Å². The number of anilines is 1. The van der Waals surface area contributed by atoms with Gasteiger partial charge < -0.3 is 4.90 Å². The molecule has 1 aliphatic rings. The number of halogens is 3. The van der Waals surface area contributed by atoms with Crippen LogP contribution in [0.25, 0.3) is 10.9 Å². The number of hydrogen-bond acceptors (Lipinski definition) is 4. The molecule has 3 aromatic rings. The highest BCUT2D eigenvalue weighted by atomic mass is 19.4. The van der Waals surface area contributed by atoms with E-state index >= 15 is 0 Å². The van der Waals surface area contributed by atoms with Crippen LogP contribution >= 0.6 is 0 Å². The number of nitrogens with zero attached hydrogens (tertiary/aromatic N) is 4. The smallest absolute Gasteiger partial charge is 0.353 e. The summed E-state index contributed by atoms with van der Waals surface area (Å²) < 4.78 is 39.6. The van der Waals surface area contributed by atoms with E-state index in [0.29, 0.717) is 29.8 Å². The van der Waals surface area contributed by atoms with Crippen molar-refractivity contribution in [1.29, 1.82) is 0 Å². The van der Waals surface area contributed by atoms with E-state index < -0.39 is 12.0 Å². The number of para-hydroxylation sites is 1. The molecule has 4 rings (SSSR count). The highest BCUT2D eigenvalue weighted by molar-refractivity contribution is 5.89. The summed E-state index contributed by atoms with van der Waals surface area (Å²) in [5, 5.41) is 0.655. The Bertz CT molecular complexity index is 919. The Morgan fingerprint density at radius 1 is 0.815 bits per heavy atom. The van der Waals surface area contributed by atoms with Crippen LogP contribution in [0.3, 0.4) is 0 Å². The molecule has 4 nitrogen and oxygen atoms in total. The van der Waals surface area contributed by atoms with Crippen LogP contribution in [0, 0.1) is 0 Å². The standard InChI is InChI=1S/C20H19F3N4/c21-20(22,23)19-24-17-9-5-4-8-16(17)18(25-19)27-12-10-26(11-13-27)14-15-6-2-1-3-7-15/h1-9H,10-14H2. The van der Waals surface area contributed by atoms with E-state index in [0.717, 1.165) is 19.6 Å². The van der Waals surface area contributed by atoms with E-state index in [1.54, 1.807) is 24.3 Å². The van der Waals surface area contributed by atoms with E-state index in [2.05, 4.69) is 27.0 Å². The Balaban J connectivity index is 1.56. The minimum Gasteiger partial charge on any atom is -0.353 e. The monoisotopic (exact) mass is 372 g/mol. The lowest BCUT2D eigenvalue weighted by Crippen LogP contribution is -2.46. The second-order valence-electron chi connectivity index (χ2n) is 6.63. The molecule has 0 radical (unpaired) electrons. The number of benzene rings is 2. The maximum atomic E-state index is 13.2. The van der Waals surface area contributed by atoms with Gasteiger partial charge in [-0.05, 0) is 17.7 Å². The van der Waals surface area contributed by atoms with Crippen molar-refractivity contribution < 1.29 is 13.2 Å². The summed E-state index contributed by atoms with van der Waals surface area (Å²) in [6.45, 7) is 3.65. The predicted molar refractivity (Wildman–Crippen MR) is 98.5 cm³/mol. The van der Waals surface area contributed by atoms with Gasteiger partial charge in [-0.2, -0.15) is 13.2 Å². The number of aromatic nitrogens is 2. The molecule has 7 heteroatoms. The van der Waals surface area contributed by atoms with Gasteiger partial charge in [-0.15, -0.1) is 0 Å².